The van der Waals surface area contributed by atoms with E-state index in [1.54, 1.807) is 6.92 Å². The Morgan fingerprint density at radius 2 is 2.05 bits per heavy atom. The third-order valence-electron chi connectivity index (χ3n) is 4.55. The van der Waals surface area contributed by atoms with E-state index in [4.69, 9.17) is 5.21 Å². The minimum atomic E-state index is 0.0330. The summed E-state index contributed by atoms with van der Waals surface area (Å²) in [6, 6.07) is 7.43. The van der Waals surface area contributed by atoms with Crippen LogP contribution in [0.4, 0.5) is 5.69 Å². The van der Waals surface area contributed by atoms with Crippen LogP contribution in [0, 0.1) is 11.3 Å². The number of nitrogens with zero attached hydrogens (tertiary/aromatic N) is 1. The van der Waals surface area contributed by atoms with Crippen molar-refractivity contribution in [1.82, 2.24) is 0 Å². The first kappa shape index (κ1) is 15.5. The van der Waals surface area contributed by atoms with Crippen LogP contribution in [-0.4, -0.2) is 16.8 Å². The van der Waals surface area contributed by atoms with Crippen LogP contribution in [0.3, 0.4) is 0 Å². The van der Waals surface area contributed by atoms with Gasteiger partial charge in [0.05, 0.1) is 5.71 Å². The second-order valence-electron chi connectivity index (χ2n) is 6.51. The van der Waals surface area contributed by atoms with E-state index in [1.807, 2.05) is 24.3 Å². The van der Waals surface area contributed by atoms with Gasteiger partial charge in [0.25, 0.3) is 0 Å². The summed E-state index contributed by atoms with van der Waals surface area (Å²) >= 11 is 0. The van der Waals surface area contributed by atoms with Gasteiger partial charge in [-0.1, -0.05) is 50.0 Å². The molecule has 1 aliphatic carbocycles. The predicted molar refractivity (Wildman–Crippen MR) is 84.8 cm³/mol. The molecule has 4 heteroatoms. The number of oxime groups is 1. The van der Waals surface area contributed by atoms with E-state index in [0.717, 1.165) is 24.8 Å². The van der Waals surface area contributed by atoms with Crippen LogP contribution in [0.15, 0.2) is 29.4 Å². The summed E-state index contributed by atoms with van der Waals surface area (Å²) in [5.74, 6) is 0.101. The van der Waals surface area contributed by atoms with Crippen molar-refractivity contribution in [3.8, 4) is 0 Å². The molecule has 114 valence electrons. The molecular weight excluding hydrogens is 264 g/mol. The van der Waals surface area contributed by atoms with E-state index in [9.17, 15) is 4.79 Å². The zero-order valence-electron chi connectivity index (χ0n) is 13.0. The second kappa shape index (κ2) is 6.29. The van der Waals surface area contributed by atoms with Crippen molar-refractivity contribution in [2.75, 3.05) is 5.32 Å². The lowest BCUT2D eigenvalue weighted by molar-refractivity contribution is -0.124. The summed E-state index contributed by atoms with van der Waals surface area (Å²) in [5, 5.41) is 15.2. The highest BCUT2D eigenvalue weighted by atomic mass is 16.4. The SMILES string of the molecule is C/C(=N/O)c1ccccc1NC(=O)C1CCCCC1(C)C. The minimum Gasteiger partial charge on any atom is -0.411 e. The Morgan fingerprint density at radius 3 is 2.71 bits per heavy atom. The third-order valence-corrected chi connectivity index (χ3v) is 4.55. The molecule has 0 bridgehead atoms. The molecule has 1 aliphatic rings. The standard InChI is InChI=1S/C17H24N2O2/c1-12(19-21)13-8-4-5-10-15(13)18-16(20)14-9-6-7-11-17(14,2)3/h4-5,8,10,14,21H,6-7,9,11H2,1-3H3,(H,18,20)/b19-12-. The molecule has 1 unspecified atom stereocenters. The molecule has 2 N–H and O–H groups in total. The summed E-state index contributed by atoms with van der Waals surface area (Å²) < 4.78 is 0. The molecule has 1 amide bonds. The Hall–Kier alpha value is -1.84. The lowest BCUT2D eigenvalue weighted by atomic mass is 9.68. The molecule has 0 radical (unpaired) electrons. The molecule has 4 nitrogen and oxygen atoms in total. The van der Waals surface area contributed by atoms with E-state index >= 15 is 0 Å². The summed E-state index contributed by atoms with van der Waals surface area (Å²) in [7, 11) is 0. The average molecular weight is 288 g/mol. The first-order valence-corrected chi connectivity index (χ1v) is 7.54. The van der Waals surface area contributed by atoms with Gasteiger partial charge in [0.1, 0.15) is 0 Å². The Balaban J connectivity index is 2.20. The molecule has 0 aliphatic heterocycles. The molecule has 1 aromatic carbocycles. The molecule has 1 aromatic rings. The van der Waals surface area contributed by atoms with Crippen LogP contribution in [0.1, 0.15) is 52.0 Å². The smallest absolute Gasteiger partial charge is 0.228 e. The number of para-hydroxylation sites is 1. The Bertz CT molecular complexity index is 549. The first-order chi connectivity index (χ1) is 9.95. The first-order valence-electron chi connectivity index (χ1n) is 7.54. The highest BCUT2D eigenvalue weighted by molar-refractivity contribution is 6.06. The Labute approximate surface area is 126 Å². The maximum absolute atomic E-state index is 12.6. The van der Waals surface area contributed by atoms with Gasteiger partial charge in [0.15, 0.2) is 0 Å². The van der Waals surface area contributed by atoms with Crippen LogP contribution in [0.5, 0.6) is 0 Å². The van der Waals surface area contributed by atoms with Crippen LogP contribution in [-0.2, 0) is 4.79 Å². The van der Waals surface area contributed by atoms with Crippen LogP contribution < -0.4 is 5.32 Å². The molecule has 1 saturated carbocycles. The fourth-order valence-corrected chi connectivity index (χ4v) is 3.16. The lowest BCUT2D eigenvalue weighted by Gasteiger charge is -2.37. The summed E-state index contributed by atoms with van der Waals surface area (Å²) in [6.45, 7) is 6.06. The number of benzene rings is 1. The van der Waals surface area contributed by atoms with Gasteiger partial charge in [-0.15, -0.1) is 0 Å². The Morgan fingerprint density at radius 1 is 1.33 bits per heavy atom. The van der Waals surface area contributed by atoms with Gasteiger partial charge in [-0.3, -0.25) is 4.79 Å². The van der Waals surface area contributed by atoms with E-state index in [1.165, 1.54) is 6.42 Å². The summed E-state index contributed by atoms with van der Waals surface area (Å²) in [6.07, 6.45) is 4.34. The van der Waals surface area contributed by atoms with Gasteiger partial charge in [0, 0.05) is 17.2 Å². The zero-order chi connectivity index (χ0) is 15.5. The van der Waals surface area contributed by atoms with Crippen molar-refractivity contribution in [1.29, 1.82) is 0 Å². The fraction of sp³-hybridized carbons (Fsp3) is 0.529. The predicted octanol–water partition coefficient (Wildman–Crippen LogP) is 4.04. The van der Waals surface area contributed by atoms with Gasteiger partial charge in [0.2, 0.25) is 5.91 Å². The second-order valence-corrected chi connectivity index (χ2v) is 6.51. The molecule has 0 saturated heterocycles. The average Bonchev–Trinajstić information content (AvgIpc) is 2.46. The maximum Gasteiger partial charge on any atom is 0.228 e. The van der Waals surface area contributed by atoms with Crippen molar-refractivity contribution < 1.29 is 10.0 Å². The number of anilines is 1. The van der Waals surface area contributed by atoms with E-state index < -0.39 is 0 Å². The number of carbonyl (C=O) groups is 1. The van der Waals surface area contributed by atoms with Crippen molar-refractivity contribution >= 4 is 17.3 Å². The Kier molecular flexibility index (Phi) is 4.66. The van der Waals surface area contributed by atoms with Gasteiger partial charge >= 0.3 is 0 Å². The van der Waals surface area contributed by atoms with Crippen molar-refractivity contribution in [2.45, 2.75) is 46.5 Å². The lowest BCUT2D eigenvalue weighted by Crippen LogP contribution is -2.37. The molecule has 2 rings (SSSR count). The topological polar surface area (TPSA) is 61.7 Å². The van der Waals surface area contributed by atoms with Crippen LogP contribution >= 0.6 is 0 Å². The van der Waals surface area contributed by atoms with Gasteiger partial charge in [-0.25, -0.2) is 0 Å². The number of amides is 1. The fourth-order valence-electron chi connectivity index (χ4n) is 3.16. The number of hydrogen-bond donors (Lipinski definition) is 2. The maximum atomic E-state index is 12.6. The van der Waals surface area contributed by atoms with Gasteiger partial charge in [-0.05, 0) is 31.2 Å². The van der Waals surface area contributed by atoms with Crippen molar-refractivity contribution in [2.24, 2.45) is 16.5 Å². The summed E-state index contributed by atoms with van der Waals surface area (Å²) in [5.41, 5.74) is 1.99. The van der Waals surface area contributed by atoms with Crippen LogP contribution in [0.25, 0.3) is 0 Å². The highest BCUT2D eigenvalue weighted by Crippen LogP contribution is 2.41. The van der Waals surface area contributed by atoms with E-state index in [0.29, 0.717) is 11.4 Å². The molecule has 0 spiro atoms. The van der Waals surface area contributed by atoms with Crippen LogP contribution in [0.2, 0.25) is 0 Å². The number of rotatable bonds is 3. The highest BCUT2D eigenvalue weighted by Gasteiger charge is 2.37. The minimum absolute atomic E-state index is 0.0330. The number of hydrogen-bond acceptors (Lipinski definition) is 3. The van der Waals surface area contributed by atoms with Crippen molar-refractivity contribution in [3.63, 3.8) is 0 Å². The summed E-state index contributed by atoms with van der Waals surface area (Å²) in [4.78, 5) is 12.6. The van der Waals surface area contributed by atoms with Crippen molar-refractivity contribution in [3.05, 3.63) is 29.8 Å². The number of carbonyl (C=O) groups excluding carboxylic acids is 1. The number of nitrogens with one attached hydrogen (secondary N) is 1. The molecular formula is C17H24N2O2. The molecule has 0 heterocycles. The molecule has 1 fully saturated rings. The third kappa shape index (κ3) is 3.43. The molecule has 1 atom stereocenters. The quantitative estimate of drug-likeness (QED) is 0.501. The van der Waals surface area contributed by atoms with E-state index in [-0.39, 0.29) is 17.2 Å². The largest absolute Gasteiger partial charge is 0.411 e. The van der Waals surface area contributed by atoms with Gasteiger partial charge < -0.3 is 10.5 Å². The monoisotopic (exact) mass is 288 g/mol. The normalized spacial score (nSPS) is 21.9. The molecule has 0 aromatic heterocycles. The zero-order valence-corrected chi connectivity index (χ0v) is 13.0. The molecule has 21 heavy (non-hydrogen) atoms. The van der Waals surface area contributed by atoms with Gasteiger partial charge in [-0.2, -0.15) is 0 Å². The van der Waals surface area contributed by atoms with E-state index in [2.05, 4.69) is 24.3 Å².